The summed E-state index contributed by atoms with van der Waals surface area (Å²) in [5, 5.41) is 0. The summed E-state index contributed by atoms with van der Waals surface area (Å²) in [6, 6.07) is 5.45. The molecule has 0 radical (unpaired) electrons. The minimum atomic E-state index is -0.313. The first-order valence-corrected chi connectivity index (χ1v) is 5.69. The number of rotatable bonds is 5. The fourth-order valence-corrected chi connectivity index (χ4v) is 1.50. The molecule has 1 rings (SSSR count). The molecular weight excluding hydrogens is 232 g/mol. The van der Waals surface area contributed by atoms with Crippen LogP contribution in [-0.4, -0.2) is 26.8 Å². The normalized spacial score (nSPS) is 11.0. The molecule has 0 aromatic heterocycles. The van der Waals surface area contributed by atoms with Gasteiger partial charge in [0.1, 0.15) is 0 Å². The quantitative estimate of drug-likeness (QED) is 0.595. The standard InChI is InChI=1S/C14H18O4/c1-5-18-14(15)10(2)8-11-6-7-12(16-3)13(9-11)17-4/h6-9H,5H2,1-4H3/b10-8+. The van der Waals surface area contributed by atoms with Crippen LogP contribution in [-0.2, 0) is 9.53 Å². The highest BCUT2D eigenvalue weighted by Crippen LogP contribution is 2.28. The van der Waals surface area contributed by atoms with Crippen molar-refractivity contribution in [3.05, 3.63) is 29.3 Å². The molecule has 0 aliphatic rings. The molecule has 0 aliphatic carbocycles. The molecule has 0 N–H and O–H groups in total. The van der Waals surface area contributed by atoms with Crippen molar-refractivity contribution in [3.8, 4) is 11.5 Å². The molecule has 0 unspecified atom stereocenters. The molecule has 1 aromatic rings. The van der Waals surface area contributed by atoms with Gasteiger partial charge in [-0.3, -0.25) is 0 Å². The largest absolute Gasteiger partial charge is 0.493 e. The van der Waals surface area contributed by atoms with Crippen LogP contribution in [0.5, 0.6) is 11.5 Å². The Kier molecular flexibility index (Phi) is 5.24. The SMILES string of the molecule is CCOC(=O)/C(C)=C/c1ccc(OC)c(OC)c1. The zero-order valence-electron chi connectivity index (χ0n) is 11.1. The van der Waals surface area contributed by atoms with Crippen molar-refractivity contribution < 1.29 is 19.0 Å². The number of esters is 1. The zero-order valence-corrected chi connectivity index (χ0v) is 11.1. The number of hydrogen-bond acceptors (Lipinski definition) is 4. The Morgan fingerprint density at radius 3 is 2.44 bits per heavy atom. The van der Waals surface area contributed by atoms with Crippen LogP contribution >= 0.6 is 0 Å². The first-order chi connectivity index (χ1) is 8.62. The molecule has 0 atom stereocenters. The van der Waals surface area contributed by atoms with E-state index in [4.69, 9.17) is 14.2 Å². The average Bonchev–Trinajstić information content (AvgIpc) is 2.38. The summed E-state index contributed by atoms with van der Waals surface area (Å²) in [5.74, 6) is 0.971. The van der Waals surface area contributed by atoms with E-state index in [-0.39, 0.29) is 5.97 Å². The Bertz CT molecular complexity index is 449. The van der Waals surface area contributed by atoms with Crippen molar-refractivity contribution in [1.29, 1.82) is 0 Å². The van der Waals surface area contributed by atoms with Crippen molar-refractivity contribution in [1.82, 2.24) is 0 Å². The third kappa shape index (κ3) is 3.52. The number of carbonyl (C=O) groups is 1. The molecule has 18 heavy (non-hydrogen) atoms. The van der Waals surface area contributed by atoms with Crippen LogP contribution in [0.25, 0.3) is 6.08 Å². The summed E-state index contributed by atoms with van der Waals surface area (Å²) in [7, 11) is 3.15. The Balaban J connectivity index is 2.97. The van der Waals surface area contributed by atoms with Crippen molar-refractivity contribution in [3.63, 3.8) is 0 Å². The number of hydrogen-bond donors (Lipinski definition) is 0. The Labute approximate surface area is 107 Å². The van der Waals surface area contributed by atoms with Gasteiger partial charge in [0, 0.05) is 5.57 Å². The molecule has 4 heteroatoms. The third-order valence-corrected chi connectivity index (χ3v) is 2.39. The van der Waals surface area contributed by atoms with E-state index in [1.54, 1.807) is 40.2 Å². The van der Waals surface area contributed by atoms with Gasteiger partial charge in [0.15, 0.2) is 11.5 Å². The van der Waals surface area contributed by atoms with Crippen LogP contribution in [0.2, 0.25) is 0 Å². The maximum atomic E-state index is 11.5. The fraction of sp³-hybridized carbons (Fsp3) is 0.357. The highest BCUT2D eigenvalue weighted by atomic mass is 16.5. The van der Waals surface area contributed by atoms with E-state index < -0.39 is 0 Å². The molecule has 0 bridgehead atoms. The summed E-state index contributed by atoms with van der Waals surface area (Å²) in [5.41, 5.74) is 1.40. The van der Waals surface area contributed by atoms with Crippen LogP contribution in [0, 0.1) is 0 Å². The lowest BCUT2D eigenvalue weighted by atomic mass is 10.1. The van der Waals surface area contributed by atoms with Crippen LogP contribution < -0.4 is 9.47 Å². The van der Waals surface area contributed by atoms with Crippen molar-refractivity contribution >= 4 is 12.0 Å². The zero-order chi connectivity index (χ0) is 13.5. The molecular formula is C14H18O4. The first kappa shape index (κ1) is 14.1. The predicted octanol–water partition coefficient (Wildman–Crippen LogP) is 2.67. The van der Waals surface area contributed by atoms with E-state index in [0.29, 0.717) is 23.7 Å². The van der Waals surface area contributed by atoms with Gasteiger partial charge in [-0.25, -0.2) is 4.79 Å². The lowest BCUT2D eigenvalue weighted by molar-refractivity contribution is -0.138. The molecule has 0 aliphatic heterocycles. The molecule has 0 spiro atoms. The second-order valence-electron chi connectivity index (χ2n) is 3.66. The van der Waals surface area contributed by atoms with Crippen LogP contribution in [0.1, 0.15) is 19.4 Å². The highest BCUT2D eigenvalue weighted by molar-refractivity contribution is 5.93. The van der Waals surface area contributed by atoms with Gasteiger partial charge in [0.05, 0.1) is 20.8 Å². The van der Waals surface area contributed by atoms with Crippen LogP contribution in [0.3, 0.4) is 0 Å². The summed E-state index contributed by atoms with van der Waals surface area (Å²) < 4.78 is 15.3. The topological polar surface area (TPSA) is 44.8 Å². The van der Waals surface area contributed by atoms with Gasteiger partial charge in [-0.15, -0.1) is 0 Å². The van der Waals surface area contributed by atoms with Gasteiger partial charge in [0.2, 0.25) is 0 Å². The van der Waals surface area contributed by atoms with Gasteiger partial charge in [-0.05, 0) is 37.6 Å². The average molecular weight is 250 g/mol. The minimum Gasteiger partial charge on any atom is -0.493 e. The van der Waals surface area contributed by atoms with Crippen molar-refractivity contribution in [2.75, 3.05) is 20.8 Å². The van der Waals surface area contributed by atoms with Crippen LogP contribution in [0.4, 0.5) is 0 Å². The maximum Gasteiger partial charge on any atom is 0.333 e. The van der Waals surface area contributed by atoms with Gasteiger partial charge in [-0.1, -0.05) is 6.07 Å². The third-order valence-electron chi connectivity index (χ3n) is 2.39. The molecule has 1 aromatic carbocycles. The lowest BCUT2D eigenvalue weighted by Gasteiger charge is -2.08. The van der Waals surface area contributed by atoms with Gasteiger partial charge >= 0.3 is 5.97 Å². The molecule has 0 saturated heterocycles. The summed E-state index contributed by atoms with van der Waals surface area (Å²) in [4.78, 5) is 11.5. The Morgan fingerprint density at radius 2 is 1.89 bits per heavy atom. The summed E-state index contributed by atoms with van der Waals surface area (Å²) in [6.07, 6.45) is 1.75. The second kappa shape index (κ2) is 6.69. The van der Waals surface area contributed by atoms with Gasteiger partial charge in [-0.2, -0.15) is 0 Å². The Morgan fingerprint density at radius 1 is 1.22 bits per heavy atom. The molecule has 0 amide bonds. The van der Waals surface area contributed by atoms with Crippen molar-refractivity contribution in [2.45, 2.75) is 13.8 Å². The minimum absolute atomic E-state index is 0.313. The monoisotopic (exact) mass is 250 g/mol. The van der Waals surface area contributed by atoms with E-state index in [1.165, 1.54) is 0 Å². The van der Waals surface area contributed by atoms with Gasteiger partial charge < -0.3 is 14.2 Å². The second-order valence-corrected chi connectivity index (χ2v) is 3.66. The molecule has 4 nitrogen and oxygen atoms in total. The fourth-order valence-electron chi connectivity index (χ4n) is 1.50. The van der Waals surface area contributed by atoms with E-state index in [0.717, 1.165) is 5.56 Å². The summed E-state index contributed by atoms with van der Waals surface area (Å²) >= 11 is 0. The van der Waals surface area contributed by atoms with E-state index >= 15 is 0 Å². The number of carbonyl (C=O) groups excluding carboxylic acids is 1. The van der Waals surface area contributed by atoms with Gasteiger partial charge in [0.25, 0.3) is 0 Å². The maximum absolute atomic E-state index is 11.5. The summed E-state index contributed by atoms with van der Waals surface area (Å²) in [6.45, 7) is 3.87. The Hall–Kier alpha value is -1.97. The predicted molar refractivity (Wildman–Crippen MR) is 69.8 cm³/mol. The van der Waals surface area contributed by atoms with Crippen molar-refractivity contribution in [2.24, 2.45) is 0 Å². The number of methoxy groups -OCH3 is 2. The van der Waals surface area contributed by atoms with Crippen LogP contribution in [0.15, 0.2) is 23.8 Å². The van der Waals surface area contributed by atoms with E-state index in [1.807, 2.05) is 12.1 Å². The molecule has 0 saturated carbocycles. The molecule has 0 fully saturated rings. The molecule has 98 valence electrons. The highest BCUT2D eigenvalue weighted by Gasteiger charge is 2.07. The number of ether oxygens (including phenoxy) is 3. The smallest absolute Gasteiger partial charge is 0.333 e. The number of benzene rings is 1. The molecule has 0 heterocycles. The lowest BCUT2D eigenvalue weighted by Crippen LogP contribution is -2.04. The van der Waals surface area contributed by atoms with E-state index in [2.05, 4.69) is 0 Å². The first-order valence-electron chi connectivity index (χ1n) is 5.69. The van der Waals surface area contributed by atoms with E-state index in [9.17, 15) is 4.79 Å².